The first kappa shape index (κ1) is 17.8. The number of carbonyl (C=O) groups is 2. The predicted molar refractivity (Wildman–Crippen MR) is 97.4 cm³/mol. The van der Waals surface area contributed by atoms with Crippen LogP contribution in [0.1, 0.15) is 18.2 Å². The molecule has 0 atom stereocenters. The second-order valence-corrected chi connectivity index (χ2v) is 6.41. The normalized spacial score (nSPS) is 13.1. The number of rotatable bonds is 4. The molecule has 2 aromatic rings. The fourth-order valence-electron chi connectivity index (χ4n) is 2.93. The number of hydrogen-bond acceptors (Lipinski definition) is 6. The van der Waals surface area contributed by atoms with E-state index in [1.165, 1.54) is 6.92 Å². The number of fused-ring (bicyclic) bond motifs is 1. The predicted octanol–water partition coefficient (Wildman–Crippen LogP) is 0.625. The van der Waals surface area contributed by atoms with Gasteiger partial charge < -0.3 is 15.1 Å². The monoisotopic (exact) mass is 354 g/mol. The van der Waals surface area contributed by atoms with Crippen molar-refractivity contribution in [2.24, 2.45) is 0 Å². The van der Waals surface area contributed by atoms with Crippen molar-refractivity contribution in [1.82, 2.24) is 25.2 Å². The van der Waals surface area contributed by atoms with E-state index in [2.05, 4.69) is 10.3 Å². The lowest BCUT2D eigenvalue weighted by atomic mass is 10.0. The summed E-state index contributed by atoms with van der Waals surface area (Å²) < 4.78 is 0. The molecule has 8 nitrogen and oxygen atoms in total. The zero-order valence-electron chi connectivity index (χ0n) is 15.2. The molecule has 0 unspecified atom stereocenters. The molecule has 0 bridgehead atoms. The molecule has 0 radical (unpaired) electrons. The number of amides is 2. The summed E-state index contributed by atoms with van der Waals surface area (Å²) >= 11 is 0. The van der Waals surface area contributed by atoms with Crippen LogP contribution in [0.4, 0.5) is 5.82 Å². The van der Waals surface area contributed by atoms with E-state index in [4.69, 9.17) is 9.97 Å². The first-order valence-corrected chi connectivity index (χ1v) is 8.45. The molecule has 0 saturated heterocycles. The molecule has 26 heavy (non-hydrogen) atoms. The molecule has 0 aliphatic carbocycles. The van der Waals surface area contributed by atoms with Crippen LogP contribution in [0.3, 0.4) is 0 Å². The van der Waals surface area contributed by atoms with Gasteiger partial charge >= 0.3 is 0 Å². The number of nitrogens with zero attached hydrogens (tertiary/aromatic N) is 5. The van der Waals surface area contributed by atoms with E-state index in [0.717, 1.165) is 22.6 Å². The number of aromatic nitrogens is 3. The van der Waals surface area contributed by atoms with E-state index in [0.29, 0.717) is 25.3 Å². The molecule has 8 heteroatoms. The highest BCUT2D eigenvalue weighted by Crippen LogP contribution is 2.28. The highest BCUT2D eigenvalue weighted by atomic mass is 16.2. The first-order chi connectivity index (χ1) is 12.5. The molecule has 1 aliphatic rings. The fraction of sp³-hybridized carbons (Fsp3) is 0.389. The Balaban J connectivity index is 1.92. The Hall–Kier alpha value is -3.03. The lowest BCUT2D eigenvalue weighted by Gasteiger charge is -2.30. The van der Waals surface area contributed by atoms with Crippen molar-refractivity contribution in [3.8, 4) is 11.4 Å². The van der Waals surface area contributed by atoms with Crippen LogP contribution in [-0.4, -0.2) is 58.9 Å². The molecule has 136 valence electrons. The Labute approximate surface area is 152 Å². The topological polar surface area (TPSA) is 91.3 Å². The van der Waals surface area contributed by atoms with Gasteiger partial charge in [-0.05, 0) is 18.6 Å². The summed E-state index contributed by atoms with van der Waals surface area (Å²) in [4.78, 5) is 40.6. The molecular weight excluding hydrogens is 332 g/mol. The average molecular weight is 354 g/mol. The van der Waals surface area contributed by atoms with Crippen molar-refractivity contribution in [3.63, 3.8) is 0 Å². The number of hydrogen-bond donors (Lipinski definition) is 1. The van der Waals surface area contributed by atoms with Crippen molar-refractivity contribution in [2.45, 2.75) is 19.9 Å². The van der Waals surface area contributed by atoms with Crippen molar-refractivity contribution in [1.29, 1.82) is 0 Å². The molecule has 3 heterocycles. The van der Waals surface area contributed by atoms with Crippen LogP contribution in [-0.2, 0) is 22.6 Å². The van der Waals surface area contributed by atoms with Crippen molar-refractivity contribution in [3.05, 3.63) is 35.8 Å². The summed E-state index contributed by atoms with van der Waals surface area (Å²) in [5.74, 6) is 1.13. The summed E-state index contributed by atoms with van der Waals surface area (Å²) in [5.41, 5.74) is 2.73. The lowest BCUT2D eigenvalue weighted by molar-refractivity contribution is -0.133. The third-order valence-corrected chi connectivity index (χ3v) is 4.23. The molecule has 0 spiro atoms. The standard InChI is InChI=1S/C18H22N6O2/c1-12(25)20-10-16(26)24-8-6-14-15(11-24)21-17(22-18(14)23(2)3)13-5-4-7-19-9-13/h4-5,7,9H,6,8,10-11H2,1-3H3,(H,20,25). The van der Waals surface area contributed by atoms with Gasteiger partial charge in [0, 0.05) is 51.1 Å². The maximum Gasteiger partial charge on any atom is 0.242 e. The maximum absolute atomic E-state index is 12.3. The lowest BCUT2D eigenvalue weighted by Crippen LogP contribution is -2.42. The Morgan fingerprint density at radius 2 is 2.12 bits per heavy atom. The molecule has 1 aliphatic heterocycles. The van der Waals surface area contributed by atoms with Crippen LogP contribution in [0.15, 0.2) is 24.5 Å². The van der Waals surface area contributed by atoms with Gasteiger partial charge in [0.15, 0.2) is 5.82 Å². The molecule has 2 aromatic heterocycles. The number of nitrogens with one attached hydrogen (secondary N) is 1. The molecule has 2 amide bonds. The summed E-state index contributed by atoms with van der Waals surface area (Å²) in [6.07, 6.45) is 4.11. The largest absolute Gasteiger partial charge is 0.362 e. The van der Waals surface area contributed by atoms with Gasteiger partial charge in [0.05, 0.1) is 18.8 Å². The third-order valence-electron chi connectivity index (χ3n) is 4.23. The fourth-order valence-corrected chi connectivity index (χ4v) is 2.93. The van der Waals surface area contributed by atoms with Crippen molar-refractivity contribution >= 4 is 17.6 Å². The van der Waals surface area contributed by atoms with Gasteiger partial charge in [0.1, 0.15) is 5.82 Å². The molecule has 0 aromatic carbocycles. The zero-order valence-corrected chi connectivity index (χ0v) is 15.2. The Kier molecular flexibility index (Phi) is 5.11. The second-order valence-electron chi connectivity index (χ2n) is 6.41. The van der Waals surface area contributed by atoms with Gasteiger partial charge in [-0.25, -0.2) is 9.97 Å². The highest BCUT2D eigenvalue weighted by molar-refractivity contribution is 5.84. The van der Waals surface area contributed by atoms with Crippen LogP contribution in [0, 0.1) is 0 Å². The van der Waals surface area contributed by atoms with E-state index in [1.807, 2.05) is 31.1 Å². The van der Waals surface area contributed by atoms with E-state index >= 15 is 0 Å². The van der Waals surface area contributed by atoms with Gasteiger partial charge in [0.2, 0.25) is 11.8 Å². The number of carbonyl (C=O) groups excluding carboxylic acids is 2. The first-order valence-electron chi connectivity index (χ1n) is 8.45. The van der Waals surface area contributed by atoms with Crippen molar-refractivity contribution in [2.75, 3.05) is 32.1 Å². The number of anilines is 1. The minimum Gasteiger partial charge on any atom is -0.362 e. The maximum atomic E-state index is 12.3. The van der Waals surface area contributed by atoms with E-state index in [-0.39, 0.29) is 18.4 Å². The van der Waals surface area contributed by atoms with E-state index < -0.39 is 0 Å². The van der Waals surface area contributed by atoms with Crippen LogP contribution in [0.25, 0.3) is 11.4 Å². The van der Waals surface area contributed by atoms with Crippen LogP contribution in [0.2, 0.25) is 0 Å². The summed E-state index contributed by atoms with van der Waals surface area (Å²) in [6.45, 7) is 2.40. The highest BCUT2D eigenvalue weighted by Gasteiger charge is 2.26. The van der Waals surface area contributed by atoms with Crippen LogP contribution >= 0.6 is 0 Å². The third kappa shape index (κ3) is 3.79. The SMILES string of the molecule is CC(=O)NCC(=O)N1CCc2c(nc(-c3cccnc3)nc2N(C)C)C1. The van der Waals surface area contributed by atoms with E-state index in [1.54, 1.807) is 17.3 Å². The second kappa shape index (κ2) is 7.47. The van der Waals surface area contributed by atoms with Crippen LogP contribution in [0.5, 0.6) is 0 Å². The summed E-state index contributed by atoms with van der Waals surface area (Å²) in [6, 6.07) is 3.76. The molecule has 1 N–H and O–H groups in total. The average Bonchev–Trinajstić information content (AvgIpc) is 2.65. The van der Waals surface area contributed by atoms with Gasteiger partial charge in [0.25, 0.3) is 0 Å². The molecular formula is C18H22N6O2. The summed E-state index contributed by atoms with van der Waals surface area (Å²) in [7, 11) is 3.90. The Morgan fingerprint density at radius 3 is 2.77 bits per heavy atom. The number of pyridine rings is 1. The Morgan fingerprint density at radius 1 is 1.31 bits per heavy atom. The minimum absolute atomic E-state index is 0.00570. The zero-order chi connectivity index (χ0) is 18.7. The van der Waals surface area contributed by atoms with Gasteiger partial charge in [-0.1, -0.05) is 0 Å². The Bertz CT molecular complexity index is 822. The van der Waals surface area contributed by atoms with E-state index in [9.17, 15) is 9.59 Å². The summed E-state index contributed by atoms with van der Waals surface area (Å²) in [5, 5.41) is 2.55. The van der Waals surface area contributed by atoms with Gasteiger partial charge in [-0.2, -0.15) is 0 Å². The minimum atomic E-state index is -0.216. The quantitative estimate of drug-likeness (QED) is 0.866. The molecule has 0 fully saturated rings. The van der Waals surface area contributed by atoms with Crippen LogP contribution < -0.4 is 10.2 Å². The molecule has 0 saturated carbocycles. The van der Waals surface area contributed by atoms with Crippen molar-refractivity contribution < 1.29 is 9.59 Å². The smallest absolute Gasteiger partial charge is 0.242 e. The molecule has 3 rings (SSSR count). The van der Waals surface area contributed by atoms with Gasteiger partial charge in [-0.15, -0.1) is 0 Å². The van der Waals surface area contributed by atoms with Gasteiger partial charge in [-0.3, -0.25) is 14.6 Å².